The number of aryl methyl sites for hydroxylation is 2. The van der Waals surface area contributed by atoms with Gasteiger partial charge in [0.2, 0.25) is 0 Å². The smallest absolute Gasteiger partial charge is 0.254 e. The normalized spacial score (nSPS) is 12.4. The van der Waals surface area contributed by atoms with Gasteiger partial charge < -0.3 is 10.6 Å². The molecule has 0 saturated heterocycles. The molecule has 0 radical (unpaired) electrons. The fourth-order valence-electron chi connectivity index (χ4n) is 5.63. The lowest BCUT2D eigenvalue weighted by atomic mass is 9.90. The maximum Gasteiger partial charge on any atom is 0.254 e. The summed E-state index contributed by atoms with van der Waals surface area (Å²) in [6.07, 6.45) is 10.4. The van der Waals surface area contributed by atoms with Gasteiger partial charge >= 0.3 is 0 Å². The quantitative estimate of drug-likeness (QED) is 0.0473. The van der Waals surface area contributed by atoms with Crippen molar-refractivity contribution in [3.05, 3.63) is 112 Å². The van der Waals surface area contributed by atoms with E-state index < -0.39 is 17.5 Å². The number of nitrogens with one attached hydrogen (secondary N) is 2. The van der Waals surface area contributed by atoms with Gasteiger partial charge in [0, 0.05) is 53.8 Å². The minimum absolute atomic E-state index is 0.0184. The third-order valence-electron chi connectivity index (χ3n) is 8.26. The molecule has 1 atom stereocenters. The topological polar surface area (TPSA) is 84.0 Å². The first-order chi connectivity index (χ1) is 21.8. The molecule has 236 valence electrons. The van der Waals surface area contributed by atoms with Gasteiger partial charge in [-0.25, -0.2) is 4.39 Å². The van der Waals surface area contributed by atoms with E-state index in [9.17, 15) is 9.59 Å². The highest BCUT2D eigenvalue weighted by molar-refractivity contribution is 7.99. The number of aromatic nitrogens is 2. The maximum atomic E-state index is 16.1. The number of carbonyl (C=O) groups excluding carboxylic acids is 2. The molecule has 6 nitrogen and oxygen atoms in total. The Hall–Kier alpha value is -3.88. The van der Waals surface area contributed by atoms with Crippen LogP contribution in [0.25, 0.3) is 10.8 Å². The Balaban J connectivity index is 1.66. The van der Waals surface area contributed by atoms with Crippen LogP contribution in [0.3, 0.4) is 0 Å². The van der Waals surface area contributed by atoms with E-state index in [0.29, 0.717) is 35.6 Å². The van der Waals surface area contributed by atoms with E-state index in [1.54, 1.807) is 25.5 Å². The second-order valence-corrected chi connectivity index (χ2v) is 12.4. The summed E-state index contributed by atoms with van der Waals surface area (Å²) >= 11 is 1.42. The number of fused-ring (bicyclic) bond motifs is 1. The van der Waals surface area contributed by atoms with Crippen LogP contribution in [0, 0.1) is 19.7 Å². The predicted octanol–water partition coefficient (Wildman–Crippen LogP) is 7.33. The number of nitrogens with zero attached hydrogens (tertiary/aromatic N) is 2. The lowest BCUT2D eigenvalue weighted by molar-refractivity contribution is -0.117. The Morgan fingerprint density at radius 1 is 1.07 bits per heavy atom. The number of carbonyl (C=O) groups is 2. The molecule has 3 aromatic carbocycles. The molecule has 0 aliphatic carbocycles. The standard InChI is InChI=1S/C37H43FN4O2S/c1-6-10-29(39-5)13-15-42-37(44)31(7-2)35(43)32-22-34(38)36(45-18-14-30-23-40-16-17-41-30)33(25(32)4)21-28-20-27-12-9-8-11-26(27)19-24(28)3/h7-9,11-12,16-17,19-20,22-23,29,39H,6,10,13-15,18,21H2,1-5H3,(H,42,44)/b31-7+. The first-order valence-corrected chi connectivity index (χ1v) is 16.6. The highest BCUT2D eigenvalue weighted by atomic mass is 32.2. The van der Waals surface area contributed by atoms with Crippen LogP contribution in [-0.4, -0.2) is 47.0 Å². The van der Waals surface area contributed by atoms with E-state index in [2.05, 4.69) is 58.7 Å². The van der Waals surface area contributed by atoms with Crippen LogP contribution < -0.4 is 10.6 Å². The molecule has 1 aromatic heterocycles. The van der Waals surface area contributed by atoms with Crippen molar-refractivity contribution in [3.63, 3.8) is 0 Å². The van der Waals surface area contributed by atoms with Gasteiger partial charge in [-0.1, -0.05) is 55.8 Å². The van der Waals surface area contributed by atoms with Gasteiger partial charge in [0.25, 0.3) is 5.91 Å². The molecule has 8 heteroatoms. The summed E-state index contributed by atoms with van der Waals surface area (Å²) < 4.78 is 16.1. The third kappa shape index (κ3) is 8.65. The number of ketones is 1. The number of Topliss-reactive ketones (excluding diaryl/α,β-unsaturated/α-hetero) is 1. The van der Waals surface area contributed by atoms with Crippen molar-refractivity contribution in [2.75, 3.05) is 19.3 Å². The Bertz CT molecular complexity index is 1670. The molecule has 1 unspecified atom stereocenters. The first kappa shape index (κ1) is 34.0. The van der Waals surface area contributed by atoms with Gasteiger partial charge in [-0.05, 0) is 86.2 Å². The predicted molar refractivity (Wildman–Crippen MR) is 183 cm³/mol. The second kappa shape index (κ2) is 16.4. The van der Waals surface area contributed by atoms with Gasteiger partial charge in [-0.15, -0.1) is 11.8 Å². The van der Waals surface area contributed by atoms with Gasteiger partial charge in [0.05, 0.1) is 11.3 Å². The molecule has 45 heavy (non-hydrogen) atoms. The van der Waals surface area contributed by atoms with Crippen molar-refractivity contribution >= 4 is 34.2 Å². The van der Waals surface area contributed by atoms with E-state index in [1.165, 1.54) is 23.9 Å². The van der Waals surface area contributed by atoms with Crippen LogP contribution in [0.15, 0.2) is 77.6 Å². The van der Waals surface area contributed by atoms with E-state index in [-0.39, 0.29) is 17.2 Å². The molecule has 0 fully saturated rings. The van der Waals surface area contributed by atoms with Gasteiger partial charge in [-0.3, -0.25) is 19.6 Å². The number of hydrogen-bond acceptors (Lipinski definition) is 6. The Morgan fingerprint density at radius 2 is 1.82 bits per heavy atom. The molecular weight excluding hydrogens is 583 g/mol. The Kier molecular flexibility index (Phi) is 12.4. The first-order valence-electron chi connectivity index (χ1n) is 15.6. The van der Waals surface area contributed by atoms with Crippen molar-refractivity contribution < 1.29 is 14.0 Å². The van der Waals surface area contributed by atoms with Crippen molar-refractivity contribution in [2.45, 2.75) is 70.7 Å². The molecule has 4 rings (SSSR count). The van der Waals surface area contributed by atoms with Crippen LogP contribution in [0.1, 0.15) is 71.4 Å². The number of halogens is 1. The number of allylic oxidation sites excluding steroid dienone is 1. The summed E-state index contributed by atoms with van der Waals surface area (Å²) in [6, 6.07) is 14.0. The lowest BCUT2D eigenvalue weighted by Gasteiger charge is -2.19. The molecule has 0 aliphatic rings. The van der Waals surface area contributed by atoms with Crippen LogP contribution in [0.5, 0.6) is 0 Å². The van der Waals surface area contributed by atoms with Crippen molar-refractivity contribution in [1.29, 1.82) is 0 Å². The molecule has 0 bridgehead atoms. The van der Waals surface area contributed by atoms with Gasteiger partial charge in [0.15, 0.2) is 5.78 Å². The van der Waals surface area contributed by atoms with Gasteiger partial charge in [-0.2, -0.15) is 0 Å². The van der Waals surface area contributed by atoms with E-state index in [4.69, 9.17) is 0 Å². The zero-order valence-corrected chi connectivity index (χ0v) is 27.7. The van der Waals surface area contributed by atoms with Crippen LogP contribution in [0.2, 0.25) is 0 Å². The second-order valence-electron chi connectivity index (χ2n) is 11.3. The van der Waals surface area contributed by atoms with Crippen molar-refractivity contribution in [2.24, 2.45) is 0 Å². The highest BCUT2D eigenvalue weighted by Crippen LogP contribution is 2.35. The van der Waals surface area contributed by atoms with Crippen molar-refractivity contribution in [1.82, 2.24) is 20.6 Å². The summed E-state index contributed by atoms with van der Waals surface area (Å²) in [7, 11) is 1.91. The number of thioether (sulfide) groups is 1. The summed E-state index contributed by atoms with van der Waals surface area (Å²) in [5.41, 5.74) is 4.66. The molecule has 1 amide bonds. The number of rotatable bonds is 15. The molecule has 2 N–H and O–H groups in total. The minimum atomic E-state index is -0.474. The zero-order valence-electron chi connectivity index (χ0n) is 26.9. The fraction of sp³-hybridized carbons (Fsp3) is 0.351. The van der Waals surface area contributed by atoms with Crippen LogP contribution in [-0.2, 0) is 17.6 Å². The molecule has 0 aliphatic heterocycles. The fourth-order valence-corrected chi connectivity index (χ4v) is 6.74. The molecule has 4 aromatic rings. The average molecular weight is 627 g/mol. The molecular formula is C37H43FN4O2S. The number of amides is 1. The SMILES string of the molecule is C/C=C(/C(=O)NCCC(CCC)NC)C(=O)c1cc(F)c(SCCc2cnccn2)c(Cc2cc3ccccc3cc2C)c1C. The van der Waals surface area contributed by atoms with E-state index in [1.807, 2.05) is 26.1 Å². The molecule has 1 heterocycles. The van der Waals surface area contributed by atoms with Gasteiger partial charge in [0.1, 0.15) is 5.82 Å². The summed E-state index contributed by atoms with van der Waals surface area (Å²) in [5, 5.41) is 8.41. The zero-order chi connectivity index (χ0) is 32.3. The summed E-state index contributed by atoms with van der Waals surface area (Å²) in [4.78, 5) is 36.0. The molecule has 0 spiro atoms. The van der Waals surface area contributed by atoms with Crippen LogP contribution >= 0.6 is 11.8 Å². The van der Waals surface area contributed by atoms with E-state index in [0.717, 1.165) is 52.4 Å². The number of hydrogen-bond donors (Lipinski definition) is 2. The average Bonchev–Trinajstić information content (AvgIpc) is 3.04. The third-order valence-corrected chi connectivity index (χ3v) is 9.40. The minimum Gasteiger partial charge on any atom is -0.352 e. The van der Waals surface area contributed by atoms with E-state index >= 15 is 4.39 Å². The van der Waals surface area contributed by atoms with Crippen molar-refractivity contribution in [3.8, 4) is 0 Å². The lowest BCUT2D eigenvalue weighted by Crippen LogP contribution is -2.34. The summed E-state index contributed by atoms with van der Waals surface area (Å²) in [5.74, 6) is -0.783. The maximum absolute atomic E-state index is 16.1. The Labute approximate surface area is 270 Å². The monoisotopic (exact) mass is 626 g/mol. The van der Waals surface area contributed by atoms with Crippen LogP contribution in [0.4, 0.5) is 4.39 Å². The Morgan fingerprint density at radius 3 is 2.49 bits per heavy atom. The largest absolute Gasteiger partial charge is 0.352 e. The number of benzene rings is 3. The molecule has 0 saturated carbocycles. The highest BCUT2D eigenvalue weighted by Gasteiger charge is 2.25. The summed E-state index contributed by atoms with van der Waals surface area (Å²) in [6.45, 7) is 8.15.